The lowest BCUT2D eigenvalue weighted by Crippen LogP contribution is -2.40. The zero-order chi connectivity index (χ0) is 14.1. The summed E-state index contributed by atoms with van der Waals surface area (Å²) in [5.74, 6) is -1.23. The standard InChI is InChI=1S/C10H11BrClNO4S/c1-6(10(14)15)13(2)18(16,17)9-4-3-7(11)5-8(9)12/h3-6H,1-2H3,(H,14,15). The van der Waals surface area contributed by atoms with E-state index in [9.17, 15) is 13.2 Å². The summed E-state index contributed by atoms with van der Waals surface area (Å²) in [4.78, 5) is 10.7. The molecular formula is C10H11BrClNO4S. The summed E-state index contributed by atoms with van der Waals surface area (Å²) in [7, 11) is -2.73. The largest absolute Gasteiger partial charge is 0.480 e. The minimum Gasteiger partial charge on any atom is -0.480 e. The number of sulfonamides is 1. The highest BCUT2D eigenvalue weighted by Gasteiger charge is 2.30. The fourth-order valence-corrected chi connectivity index (χ4v) is 3.53. The van der Waals surface area contributed by atoms with Crippen molar-refractivity contribution in [2.75, 3.05) is 7.05 Å². The minimum absolute atomic E-state index is 0.0359. The number of hydrogen-bond donors (Lipinski definition) is 1. The first-order valence-corrected chi connectivity index (χ1v) is 7.45. The van der Waals surface area contributed by atoms with Gasteiger partial charge in [-0.3, -0.25) is 4.79 Å². The summed E-state index contributed by atoms with van der Waals surface area (Å²) < 4.78 is 25.8. The van der Waals surface area contributed by atoms with Crippen LogP contribution in [0.5, 0.6) is 0 Å². The van der Waals surface area contributed by atoms with Crippen LogP contribution in [-0.2, 0) is 14.8 Å². The summed E-state index contributed by atoms with van der Waals surface area (Å²) in [6.45, 7) is 1.28. The molecule has 18 heavy (non-hydrogen) atoms. The van der Waals surface area contributed by atoms with Crippen LogP contribution in [0.3, 0.4) is 0 Å². The Hall–Kier alpha value is -0.630. The van der Waals surface area contributed by atoms with Gasteiger partial charge in [0.2, 0.25) is 10.0 Å². The number of hydrogen-bond acceptors (Lipinski definition) is 3. The van der Waals surface area contributed by atoms with Gasteiger partial charge in [-0.2, -0.15) is 4.31 Å². The second-order valence-electron chi connectivity index (χ2n) is 3.61. The summed E-state index contributed by atoms with van der Waals surface area (Å²) >= 11 is 9.02. The summed E-state index contributed by atoms with van der Waals surface area (Å²) in [6, 6.07) is 3.12. The SMILES string of the molecule is CC(C(=O)O)N(C)S(=O)(=O)c1ccc(Br)cc1Cl. The Balaban J connectivity index is 3.25. The Kier molecular flexibility index (Phi) is 4.77. The molecule has 0 fully saturated rings. The molecule has 0 amide bonds. The lowest BCUT2D eigenvalue weighted by molar-refractivity contribution is -0.140. The molecule has 0 spiro atoms. The number of carbonyl (C=O) groups is 1. The predicted molar refractivity (Wildman–Crippen MR) is 71.2 cm³/mol. The maximum Gasteiger partial charge on any atom is 0.321 e. The van der Waals surface area contributed by atoms with Gasteiger partial charge in [-0.15, -0.1) is 0 Å². The van der Waals surface area contributed by atoms with E-state index in [4.69, 9.17) is 16.7 Å². The number of nitrogens with zero attached hydrogens (tertiary/aromatic N) is 1. The van der Waals surface area contributed by atoms with E-state index in [1.807, 2.05) is 0 Å². The van der Waals surface area contributed by atoms with Crippen LogP contribution in [-0.4, -0.2) is 36.9 Å². The van der Waals surface area contributed by atoms with E-state index in [1.54, 1.807) is 0 Å². The van der Waals surface area contributed by atoms with E-state index >= 15 is 0 Å². The monoisotopic (exact) mass is 355 g/mol. The molecule has 0 aliphatic carbocycles. The first kappa shape index (κ1) is 15.4. The Morgan fingerprint density at radius 2 is 2.06 bits per heavy atom. The third-order valence-corrected chi connectivity index (χ3v) is 5.36. The first-order valence-electron chi connectivity index (χ1n) is 4.84. The molecule has 0 aliphatic heterocycles. The van der Waals surface area contributed by atoms with Gasteiger partial charge in [0, 0.05) is 11.5 Å². The Morgan fingerprint density at radius 3 is 2.50 bits per heavy atom. The van der Waals surface area contributed by atoms with Crippen molar-refractivity contribution in [1.29, 1.82) is 0 Å². The molecule has 1 rings (SSSR count). The topological polar surface area (TPSA) is 74.7 Å². The molecular weight excluding hydrogens is 346 g/mol. The molecule has 1 aromatic carbocycles. The van der Waals surface area contributed by atoms with Crippen molar-refractivity contribution in [3.8, 4) is 0 Å². The van der Waals surface area contributed by atoms with Crippen LogP contribution in [0, 0.1) is 0 Å². The Morgan fingerprint density at radius 1 is 1.50 bits per heavy atom. The number of halogens is 2. The molecule has 0 saturated carbocycles. The molecule has 1 atom stereocenters. The van der Waals surface area contributed by atoms with Crippen LogP contribution in [0.4, 0.5) is 0 Å². The highest BCUT2D eigenvalue weighted by Crippen LogP contribution is 2.27. The van der Waals surface area contributed by atoms with E-state index in [1.165, 1.54) is 32.2 Å². The molecule has 0 radical (unpaired) electrons. The molecule has 5 nitrogen and oxygen atoms in total. The fraction of sp³-hybridized carbons (Fsp3) is 0.300. The third-order valence-electron chi connectivity index (χ3n) is 2.45. The van der Waals surface area contributed by atoms with Crippen LogP contribution >= 0.6 is 27.5 Å². The lowest BCUT2D eigenvalue weighted by atomic mass is 10.4. The van der Waals surface area contributed by atoms with Gasteiger partial charge >= 0.3 is 5.97 Å². The fourth-order valence-electron chi connectivity index (χ4n) is 1.20. The van der Waals surface area contributed by atoms with Crippen molar-refractivity contribution >= 4 is 43.5 Å². The summed E-state index contributed by atoms with van der Waals surface area (Å²) in [6.07, 6.45) is 0. The lowest BCUT2D eigenvalue weighted by Gasteiger charge is -2.21. The van der Waals surface area contributed by atoms with Gasteiger partial charge in [0.25, 0.3) is 0 Å². The van der Waals surface area contributed by atoms with Crippen molar-refractivity contribution in [3.63, 3.8) is 0 Å². The van der Waals surface area contributed by atoms with Crippen molar-refractivity contribution in [3.05, 3.63) is 27.7 Å². The van der Waals surface area contributed by atoms with Crippen LogP contribution in [0.25, 0.3) is 0 Å². The molecule has 0 saturated heterocycles. The number of rotatable bonds is 4. The highest BCUT2D eigenvalue weighted by atomic mass is 79.9. The smallest absolute Gasteiger partial charge is 0.321 e. The van der Waals surface area contributed by atoms with Gasteiger partial charge in [0.05, 0.1) is 5.02 Å². The molecule has 0 bridgehead atoms. The van der Waals surface area contributed by atoms with Crippen LogP contribution < -0.4 is 0 Å². The zero-order valence-electron chi connectivity index (χ0n) is 9.59. The molecule has 1 unspecified atom stereocenters. The van der Waals surface area contributed by atoms with Gasteiger partial charge in [0.15, 0.2) is 0 Å². The van der Waals surface area contributed by atoms with Gasteiger partial charge in [0.1, 0.15) is 10.9 Å². The van der Waals surface area contributed by atoms with Crippen molar-refractivity contribution in [1.82, 2.24) is 4.31 Å². The molecule has 1 N–H and O–H groups in total. The predicted octanol–water partition coefficient (Wildman–Crippen LogP) is 2.20. The Labute approximate surface area is 119 Å². The van der Waals surface area contributed by atoms with Crippen molar-refractivity contribution < 1.29 is 18.3 Å². The van der Waals surface area contributed by atoms with E-state index in [2.05, 4.69) is 15.9 Å². The van der Waals surface area contributed by atoms with E-state index < -0.39 is 22.0 Å². The number of carboxylic acid groups (broad SMARTS) is 1. The van der Waals surface area contributed by atoms with Gasteiger partial charge in [-0.25, -0.2) is 8.42 Å². The molecule has 0 aromatic heterocycles. The maximum atomic E-state index is 12.2. The average Bonchev–Trinajstić information content (AvgIpc) is 2.26. The van der Waals surface area contributed by atoms with Crippen molar-refractivity contribution in [2.45, 2.75) is 17.9 Å². The van der Waals surface area contributed by atoms with Gasteiger partial charge in [-0.1, -0.05) is 27.5 Å². The molecule has 0 heterocycles. The molecule has 8 heteroatoms. The second-order valence-corrected chi connectivity index (χ2v) is 6.90. The quantitative estimate of drug-likeness (QED) is 0.897. The molecule has 0 aliphatic rings. The number of carboxylic acids is 1. The maximum absolute atomic E-state index is 12.2. The van der Waals surface area contributed by atoms with Gasteiger partial charge < -0.3 is 5.11 Å². The first-order chi connectivity index (χ1) is 8.17. The number of benzene rings is 1. The van der Waals surface area contributed by atoms with Crippen LogP contribution in [0.2, 0.25) is 5.02 Å². The highest BCUT2D eigenvalue weighted by molar-refractivity contribution is 9.10. The normalized spacial score (nSPS) is 13.6. The third kappa shape index (κ3) is 3.03. The zero-order valence-corrected chi connectivity index (χ0v) is 12.8. The average molecular weight is 357 g/mol. The van der Waals surface area contributed by atoms with Crippen LogP contribution in [0.1, 0.15) is 6.92 Å². The Bertz CT molecular complexity index is 575. The number of likely N-dealkylation sites (N-methyl/N-ethyl adjacent to an activating group) is 1. The summed E-state index contributed by atoms with van der Waals surface area (Å²) in [5, 5.41) is 8.87. The van der Waals surface area contributed by atoms with Crippen LogP contribution in [0.15, 0.2) is 27.6 Å². The second kappa shape index (κ2) is 5.56. The molecule has 100 valence electrons. The van der Waals surface area contributed by atoms with E-state index in [0.717, 1.165) is 4.31 Å². The van der Waals surface area contributed by atoms with Crippen molar-refractivity contribution in [2.24, 2.45) is 0 Å². The molecule has 1 aromatic rings. The van der Waals surface area contributed by atoms with Gasteiger partial charge in [-0.05, 0) is 25.1 Å². The number of aliphatic carboxylic acids is 1. The minimum atomic E-state index is -3.93. The van der Waals surface area contributed by atoms with E-state index in [-0.39, 0.29) is 9.92 Å². The summed E-state index contributed by atoms with van der Waals surface area (Å²) in [5.41, 5.74) is 0. The van der Waals surface area contributed by atoms with E-state index in [0.29, 0.717) is 4.47 Å².